The summed E-state index contributed by atoms with van der Waals surface area (Å²) in [5.74, 6) is -0.848. The molecule has 5 rings (SSSR count). The summed E-state index contributed by atoms with van der Waals surface area (Å²) in [7, 11) is 0. The van der Waals surface area contributed by atoms with Gasteiger partial charge in [0.2, 0.25) is 5.91 Å². The molecule has 3 heterocycles. The van der Waals surface area contributed by atoms with Gasteiger partial charge in [-0.1, -0.05) is 35.9 Å². The molecule has 0 aliphatic carbocycles. The number of carbonyl (C=O) groups excluding carboxylic acids is 3. The second kappa shape index (κ2) is 12.4. The van der Waals surface area contributed by atoms with Gasteiger partial charge in [-0.25, -0.2) is 4.98 Å². The molecule has 4 aromatic rings. The molecule has 0 saturated carbocycles. The normalized spacial score (nSPS) is 13.4. The predicted octanol–water partition coefficient (Wildman–Crippen LogP) is 5.49. The number of rotatable bonds is 7. The number of nitrogens with one attached hydrogen (secondary N) is 3. The molecule has 2 aromatic carbocycles. The molecular weight excluding hydrogens is 528 g/mol. The standard InChI is InChI=1S/C30H27ClN6O3/c31-21-9-10-27(33-19-21)36-30(40)24-6-2-4-8-26(24)35-29(39)23-5-1-3-7-25(23)34-28(38)20-13-17-37(18-14-20)22-11-15-32-16-12-22/h1-12,15-16,19-20H,13-14,17-18H2,(H,34,38)(H,35,39)(H,33,36,40). The fourth-order valence-corrected chi connectivity index (χ4v) is 4.70. The van der Waals surface area contributed by atoms with Crippen LogP contribution in [-0.4, -0.2) is 40.8 Å². The smallest absolute Gasteiger partial charge is 0.258 e. The van der Waals surface area contributed by atoms with Gasteiger partial charge < -0.3 is 20.9 Å². The van der Waals surface area contributed by atoms with Crippen LogP contribution in [0.3, 0.4) is 0 Å². The van der Waals surface area contributed by atoms with Crippen LogP contribution in [0, 0.1) is 5.92 Å². The molecule has 1 saturated heterocycles. The van der Waals surface area contributed by atoms with Crippen molar-refractivity contribution in [2.75, 3.05) is 33.9 Å². The zero-order valence-corrected chi connectivity index (χ0v) is 22.3. The Morgan fingerprint density at radius 2 is 1.35 bits per heavy atom. The Balaban J connectivity index is 1.24. The lowest BCUT2D eigenvalue weighted by Gasteiger charge is -2.33. The summed E-state index contributed by atoms with van der Waals surface area (Å²) >= 11 is 5.87. The lowest BCUT2D eigenvalue weighted by molar-refractivity contribution is -0.120. The van der Waals surface area contributed by atoms with Crippen LogP contribution < -0.4 is 20.9 Å². The van der Waals surface area contributed by atoms with Gasteiger partial charge in [-0.3, -0.25) is 19.4 Å². The van der Waals surface area contributed by atoms with E-state index in [1.165, 1.54) is 6.20 Å². The third-order valence-electron chi connectivity index (χ3n) is 6.71. The van der Waals surface area contributed by atoms with E-state index in [-0.39, 0.29) is 17.4 Å². The van der Waals surface area contributed by atoms with E-state index in [1.54, 1.807) is 73.1 Å². The van der Waals surface area contributed by atoms with Gasteiger partial charge in [-0.05, 0) is 61.4 Å². The van der Waals surface area contributed by atoms with Crippen molar-refractivity contribution in [3.8, 4) is 0 Å². The summed E-state index contributed by atoms with van der Waals surface area (Å²) in [5, 5.41) is 8.92. The van der Waals surface area contributed by atoms with Crippen molar-refractivity contribution in [3.05, 3.63) is 108 Å². The van der Waals surface area contributed by atoms with E-state index < -0.39 is 11.8 Å². The number of hydrogen-bond acceptors (Lipinski definition) is 6. The maximum Gasteiger partial charge on any atom is 0.258 e. The molecule has 1 aliphatic heterocycles. The van der Waals surface area contributed by atoms with Crippen LogP contribution in [0.2, 0.25) is 5.02 Å². The molecular formula is C30H27ClN6O3. The van der Waals surface area contributed by atoms with Crippen LogP contribution in [0.1, 0.15) is 33.6 Å². The molecule has 1 fully saturated rings. The van der Waals surface area contributed by atoms with Gasteiger partial charge in [-0.2, -0.15) is 0 Å². The van der Waals surface area contributed by atoms with Gasteiger partial charge in [0.25, 0.3) is 11.8 Å². The summed E-state index contributed by atoms with van der Waals surface area (Å²) in [5.41, 5.74) is 2.38. The predicted molar refractivity (Wildman–Crippen MR) is 156 cm³/mol. The Morgan fingerprint density at radius 3 is 1.98 bits per heavy atom. The van der Waals surface area contributed by atoms with Crippen LogP contribution in [0.5, 0.6) is 0 Å². The highest BCUT2D eigenvalue weighted by atomic mass is 35.5. The van der Waals surface area contributed by atoms with Crippen LogP contribution in [-0.2, 0) is 4.79 Å². The largest absolute Gasteiger partial charge is 0.371 e. The number of hydrogen-bond donors (Lipinski definition) is 3. The molecule has 10 heteroatoms. The number of benzene rings is 2. The van der Waals surface area contributed by atoms with E-state index >= 15 is 0 Å². The lowest BCUT2D eigenvalue weighted by Crippen LogP contribution is -2.38. The molecule has 3 N–H and O–H groups in total. The molecule has 1 aliphatic rings. The van der Waals surface area contributed by atoms with Gasteiger partial charge in [0.15, 0.2) is 0 Å². The number of para-hydroxylation sites is 2. The van der Waals surface area contributed by atoms with Crippen LogP contribution in [0.25, 0.3) is 0 Å². The Hall–Kier alpha value is -4.76. The van der Waals surface area contributed by atoms with Crippen molar-refractivity contribution in [3.63, 3.8) is 0 Å². The first-order valence-electron chi connectivity index (χ1n) is 12.9. The van der Waals surface area contributed by atoms with Crippen LogP contribution in [0.4, 0.5) is 22.9 Å². The Morgan fingerprint density at radius 1 is 0.750 bits per heavy atom. The van der Waals surface area contributed by atoms with Crippen molar-refractivity contribution in [1.82, 2.24) is 9.97 Å². The fourth-order valence-electron chi connectivity index (χ4n) is 4.59. The number of nitrogens with zero attached hydrogens (tertiary/aromatic N) is 3. The van der Waals surface area contributed by atoms with Crippen molar-refractivity contribution in [2.24, 2.45) is 5.92 Å². The SMILES string of the molecule is O=C(Nc1ccc(Cl)cn1)c1ccccc1NC(=O)c1ccccc1NC(=O)C1CCN(c2ccncc2)CC1. The molecule has 0 atom stereocenters. The zero-order valence-electron chi connectivity index (χ0n) is 21.5. The molecule has 0 spiro atoms. The second-order valence-corrected chi connectivity index (χ2v) is 9.75. The third kappa shape index (κ3) is 6.44. The molecule has 0 bridgehead atoms. The van der Waals surface area contributed by atoms with Crippen LogP contribution in [0.15, 0.2) is 91.4 Å². The monoisotopic (exact) mass is 554 g/mol. The zero-order chi connectivity index (χ0) is 27.9. The Kier molecular flexibility index (Phi) is 8.32. The minimum absolute atomic E-state index is 0.120. The first-order chi connectivity index (χ1) is 19.5. The number of piperidine rings is 1. The summed E-state index contributed by atoms with van der Waals surface area (Å²) in [6.45, 7) is 1.52. The number of aromatic nitrogens is 2. The van der Waals surface area contributed by atoms with Crippen molar-refractivity contribution < 1.29 is 14.4 Å². The van der Waals surface area contributed by atoms with Gasteiger partial charge in [0.05, 0.1) is 27.5 Å². The van der Waals surface area contributed by atoms with Crippen molar-refractivity contribution >= 4 is 52.2 Å². The molecule has 3 amide bonds. The summed E-state index contributed by atoms with van der Waals surface area (Å²) in [6.07, 6.45) is 6.36. The topological polar surface area (TPSA) is 116 Å². The van der Waals surface area contributed by atoms with Gasteiger partial charge >= 0.3 is 0 Å². The quantitative estimate of drug-likeness (QED) is 0.278. The molecule has 9 nitrogen and oxygen atoms in total. The van der Waals surface area contributed by atoms with Gasteiger partial charge in [0.1, 0.15) is 5.82 Å². The highest BCUT2D eigenvalue weighted by Crippen LogP contribution is 2.26. The molecule has 40 heavy (non-hydrogen) atoms. The highest BCUT2D eigenvalue weighted by Gasteiger charge is 2.26. The first kappa shape index (κ1) is 26.8. The molecule has 202 valence electrons. The summed E-state index contributed by atoms with van der Waals surface area (Å²) in [4.78, 5) is 49.8. The number of carbonyl (C=O) groups is 3. The van der Waals surface area contributed by atoms with E-state index in [2.05, 4.69) is 30.8 Å². The number of pyridine rings is 2. The maximum atomic E-state index is 13.3. The first-order valence-corrected chi connectivity index (χ1v) is 13.2. The number of halogens is 1. The van der Waals surface area contributed by atoms with Crippen molar-refractivity contribution in [2.45, 2.75) is 12.8 Å². The maximum absolute atomic E-state index is 13.3. The van der Waals surface area contributed by atoms with Gasteiger partial charge in [0, 0.05) is 43.3 Å². The van der Waals surface area contributed by atoms with E-state index in [0.717, 1.165) is 18.8 Å². The summed E-state index contributed by atoms with van der Waals surface area (Å²) < 4.78 is 0. The summed E-state index contributed by atoms with van der Waals surface area (Å²) in [6, 6.07) is 20.6. The van der Waals surface area contributed by atoms with Gasteiger partial charge in [-0.15, -0.1) is 0 Å². The number of anilines is 4. The average Bonchev–Trinajstić information content (AvgIpc) is 2.99. The van der Waals surface area contributed by atoms with E-state index in [4.69, 9.17) is 11.6 Å². The Labute approximate surface area is 236 Å². The second-order valence-electron chi connectivity index (χ2n) is 9.32. The highest BCUT2D eigenvalue weighted by molar-refractivity contribution is 6.30. The fraction of sp³-hybridized carbons (Fsp3) is 0.167. The molecule has 0 radical (unpaired) electrons. The average molecular weight is 555 g/mol. The van der Waals surface area contributed by atoms with Crippen molar-refractivity contribution in [1.29, 1.82) is 0 Å². The van der Waals surface area contributed by atoms with E-state index in [0.29, 0.717) is 40.6 Å². The Bertz CT molecular complexity index is 1510. The lowest BCUT2D eigenvalue weighted by atomic mass is 9.95. The number of amides is 3. The minimum atomic E-state index is -0.451. The third-order valence-corrected chi connectivity index (χ3v) is 6.94. The van der Waals surface area contributed by atoms with E-state index in [9.17, 15) is 14.4 Å². The molecule has 2 aromatic heterocycles. The minimum Gasteiger partial charge on any atom is -0.371 e. The van der Waals surface area contributed by atoms with Crippen LogP contribution >= 0.6 is 11.6 Å². The molecule has 0 unspecified atom stereocenters. The van der Waals surface area contributed by atoms with E-state index in [1.807, 2.05) is 12.1 Å².